The number of carboxylic acids is 1. The Morgan fingerprint density at radius 1 is 0.547 bits per heavy atom. The van der Waals surface area contributed by atoms with E-state index < -0.39 is 70.8 Å². The van der Waals surface area contributed by atoms with E-state index in [9.17, 15) is 34.4 Å². The summed E-state index contributed by atoms with van der Waals surface area (Å²) in [5, 5.41) is 26.5. The van der Waals surface area contributed by atoms with Crippen molar-refractivity contribution in [1.29, 1.82) is 0 Å². The molecule has 0 radical (unpaired) electrons. The quantitative estimate of drug-likeness (QED) is 0.0257. The van der Waals surface area contributed by atoms with E-state index in [1.54, 1.807) is 36.4 Å². The van der Waals surface area contributed by atoms with Crippen molar-refractivity contribution in [2.75, 3.05) is 39.6 Å². The topological polar surface area (TPSA) is 212 Å². The summed E-state index contributed by atoms with van der Waals surface area (Å²) in [6, 6.07) is 52.6. The molecule has 75 heavy (non-hydrogen) atoms. The monoisotopic (exact) mass is 1020 g/mol. The molecule has 2 N–H and O–H groups in total. The first-order valence-corrected chi connectivity index (χ1v) is 24.3. The van der Waals surface area contributed by atoms with Gasteiger partial charge in [0.05, 0.1) is 78.7 Å². The summed E-state index contributed by atoms with van der Waals surface area (Å²) in [6.07, 6.45) is -3.40. The number of aliphatic carboxylic acids is 1. The number of benzene rings is 6. The maximum absolute atomic E-state index is 14.9. The molecule has 1 heterocycles. The maximum Gasteiger partial charge on any atom is 0.390 e. The van der Waals surface area contributed by atoms with Crippen molar-refractivity contribution in [1.82, 2.24) is 10.2 Å². The molecule has 6 aromatic rings. The Morgan fingerprint density at radius 2 is 0.893 bits per heavy atom. The Kier molecular flexibility index (Phi) is 21.0. The fraction of sp³-hybridized carbons (Fsp3) is 0.276. The lowest BCUT2D eigenvalue weighted by Crippen LogP contribution is -2.66. The second kappa shape index (κ2) is 28.6. The number of carboxylic acid groups (broad SMARTS) is 1. The van der Waals surface area contributed by atoms with Crippen LogP contribution in [0.2, 0.25) is 0 Å². The Labute approximate surface area is 434 Å². The van der Waals surface area contributed by atoms with E-state index in [2.05, 4.69) is 5.32 Å². The predicted molar refractivity (Wildman–Crippen MR) is 274 cm³/mol. The highest BCUT2D eigenvalue weighted by Crippen LogP contribution is 2.33. The van der Waals surface area contributed by atoms with Crippen LogP contribution < -0.4 is 5.32 Å². The van der Waals surface area contributed by atoms with Crippen LogP contribution in [0.15, 0.2) is 194 Å². The molecule has 0 bridgehead atoms. The van der Waals surface area contributed by atoms with Gasteiger partial charge >= 0.3 is 11.5 Å². The Morgan fingerprint density at radius 3 is 1.24 bits per heavy atom. The summed E-state index contributed by atoms with van der Waals surface area (Å²) < 4.78 is 43.1. The normalized spacial score (nSPS) is 15.5. The van der Waals surface area contributed by atoms with Gasteiger partial charge in [0.25, 0.3) is 17.7 Å². The van der Waals surface area contributed by atoms with Crippen molar-refractivity contribution < 1.29 is 62.4 Å². The first kappa shape index (κ1) is 55.0. The van der Waals surface area contributed by atoms with Crippen LogP contribution in [-0.4, -0.2) is 108 Å². The molecular weight excluding hydrogens is 963 g/mol. The van der Waals surface area contributed by atoms with E-state index in [-0.39, 0.29) is 71.6 Å². The molecule has 0 saturated carbocycles. The minimum Gasteiger partial charge on any atom is -0.476 e. The summed E-state index contributed by atoms with van der Waals surface area (Å²) in [4.78, 5) is 69.6. The molecule has 1 aliphatic heterocycles. The van der Waals surface area contributed by atoms with Gasteiger partial charge < -0.3 is 43.6 Å². The number of carbonyl (C=O) groups is 4. The van der Waals surface area contributed by atoms with Crippen LogP contribution in [-0.2, 0) is 80.6 Å². The molecule has 7 rings (SSSR count). The molecule has 17 nitrogen and oxygen atoms in total. The Balaban J connectivity index is 1.19. The third-order valence-electron chi connectivity index (χ3n) is 11.9. The molecule has 6 aromatic carbocycles. The minimum atomic E-state index is -3.37. The van der Waals surface area contributed by atoms with Gasteiger partial charge in [0.2, 0.25) is 6.10 Å². The van der Waals surface area contributed by atoms with Gasteiger partial charge in [0.15, 0.2) is 0 Å². The third kappa shape index (κ3) is 16.1. The van der Waals surface area contributed by atoms with Crippen LogP contribution in [0, 0.1) is 10.1 Å². The average Bonchev–Trinajstić information content (AvgIpc) is 3.44. The van der Waals surface area contributed by atoms with Crippen LogP contribution in [0.5, 0.6) is 0 Å². The summed E-state index contributed by atoms with van der Waals surface area (Å²) in [7, 11) is 0. The molecule has 3 amide bonds. The lowest BCUT2D eigenvalue weighted by Gasteiger charge is -2.36. The molecule has 390 valence electrons. The predicted octanol–water partition coefficient (Wildman–Crippen LogP) is 7.36. The number of ether oxygens (including phenoxy) is 7. The van der Waals surface area contributed by atoms with E-state index in [4.69, 9.17) is 33.2 Å². The molecule has 0 aromatic heterocycles. The first-order chi connectivity index (χ1) is 36.6. The van der Waals surface area contributed by atoms with Gasteiger partial charge in [-0.3, -0.25) is 24.5 Å². The standard InChI is InChI=1S/C58H59N3O14/c62-54(52-31-58(57(65)66,61(67)68)53(75-36-47-27-15-5-16-28-47)56(64)60(52)55(63)48-29-17-6-18-30-48)59-49(37-73-50(39-69-32-43-19-7-1-8-20-43)40-70-33-44-21-9-2-10-22-44)38-74-51(41-71-34-45-23-11-3-12-24-45)42-72-35-46-25-13-4-14-26-46/h1-31,49-51,53H,32-42H2,(H,59,62)(H,65,66). The number of nitrogens with one attached hydrogen (secondary N) is 1. The lowest BCUT2D eigenvalue weighted by molar-refractivity contribution is -0.552. The summed E-state index contributed by atoms with van der Waals surface area (Å²) in [6.45, 7) is 0.117. The summed E-state index contributed by atoms with van der Waals surface area (Å²) >= 11 is 0. The van der Waals surface area contributed by atoms with Gasteiger partial charge in [-0.15, -0.1) is 0 Å². The second-order valence-electron chi connectivity index (χ2n) is 17.5. The molecule has 0 aliphatic carbocycles. The lowest BCUT2D eigenvalue weighted by atomic mass is 9.86. The van der Waals surface area contributed by atoms with Crippen molar-refractivity contribution in [2.45, 2.75) is 62.9 Å². The third-order valence-corrected chi connectivity index (χ3v) is 11.9. The van der Waals surface area contributed by atoms with E-state index in [0.29, 0.717) is 16.5 Å². The molecule has 0 fully saturated rings. The number of amides is 3. The number of carbonyl (C=O) groups excluding carboxylic acids is 3. The minimum absolute atomic E-state index is 0.0435. The highest BCUT2D eigenvalue weighted by Gasteiger charge is 2.66. The van der Waals surface area contributed by atoms with Gasteiger partial charge in [-0.2, -0.15) is 0 Å². The largest absolute Gasteiger partial charge is 0.476 e. The number of hydrogen-bond acceptors (Lipinski definition) is 13. The molecule has 2 atom stereocenters. The molecular formula is C58H59N3O14. The van der Waals surface area contributed by atoms with Crippen LogP contribution in [0.1, 0.15) is 38.2 Å². The van der Waals surface area contributed by atoms with Crippen LogP contribution in [0.3, 0.4) is 0 Å². The molecule has 17 heteroatoms. The number of hydrogen-bond donors (Lipinski definition) is 2. The number of nitro groups is 1. The van der Waals surface area contributed by atoms with Gasteiger partial charge in [-0.25, -0.2) is 9.69 Å². The average molecular weight is 1020 g/mol. The van der Waals surface area contributed by atoms with E-state index in [1.165, 1.54) is 24.3 Å². The second-order valence-corrected chi connectivity index (χ2v) is 17.5. The molecule has 0 spiro atoms. The Bertz CT molecular complexity index is 2550. The van der Waals surface area contributed by atoms with Gasteiger partial charge in [0.1, 0.15) is 17.9 Å². The van der Waals surface area contributed by atoms with Gasteiger partial charge in [-0.1, -0.05) is 170 Å². The van der Waals surface area contributed by atoms with Crippen molar-refractivity contribution in [2.24, 2.45) is 0 Å². The fourth-order valence-corrected chi connectivity index (χ4v) is 7.93. The fourth-order valence-electron chi connectivity index (χ4n) is 7.93. The molecule has 0 saturated heterocycles. The smallest absolute Gasteiger partial charge is 0.390 e. The molecule has 1 aliphatic rings. The van der Waals surface area contributed by atoms with E-state index in [1.807, 2.05) is 121 Å². The van der Waals surface area contributed by atoms with Crippen molar-refractivity contribution >= 4 is 23.7 Å². The van der Waals surface area contributed by atoms with Crippen molar-refractivity contribution in [3.63, 3.8) is 0 Å². The maximum atomic E-state index is 14.9. The number of rotatable bonds is 30. The highest BCUT2D eigenvalue weighted by atomic mass is 16.6. The van der Waals surface area contributed by atoms with Crippen molar-refractivity contribution in [3.05, 3.63) is 237 Å². The summed E-state index contributed by atoms with van der Waals surface area (Å²) in [5.74, 6) is -5.86. The zero-order valence-corrected chi connectivity index (χ0v) is 41.1. The zero-order valence-electron chi connectivity index (χ0n) is 41.1. The number of imide groups is 1. The number of nitrogens with zero attached hydrogens (tertiary/aromatic N) is 2. The Hall–Kier alpha value is -7.74. The van der Waals surface area contributed by atoms with Crippen LogP contribution >= 0.6 is 0 Å². The van der Waals surface area contributed by atoms with Crippen molar-refractivity contribution in [3.8, 4) is 0 Å². The SMILES string of the molecule is O=C(NC(COC(COCc1ccccc1)COCc1ccccc1)COC(COCc1ccccc1)COCc1ccccc1)C1=CC(C(=O)O)([N+](=O)[O-])C(OCc2ccccc2)C(=O)N1C(=O)c1ccccc1. The van der Waals surface area contributed by atoms with E-state index in [0.717, 1.165) is 22.3 Å². The van der Waals surface area contributed by atoms with Crippen LogP contribution in [0.4, 0.5) is 0 Å². The zero-order chi connectivity index (χ0) is 52.7. The summed E-state index contributed by atoms with van der Waals surface area (Å²) in [5.41, 5.74) is -0.267. The first-order valence-electron chi connectivity index (χ1n) is 24.3. The van der Waals surface area contributed by atoms with E-state index >= 15 is 0 Å². The van der Waals surface area contributed by atoms with Gasteiger partial charge in [0, 0.05) is 16.6 Å². The van der Waals surface area contributed by atoms with Gasteiger partial charge in [-0.05, 0) is 39.9 Å². The molecule has 2 unspecified atom stereocenters. The highest BCUT2D eigenvalue weighted by molar-refractivity contribution is 6.15. The van der Waals surface area contributed by atoms with Crippen LogP contribution in [0.25, 0.3) is 0 Å².